The van der Waals surface area contributed by atoms with Crippen LogP contribution in [0.3, 0.4) is 0 Å². The first-order chi connectivity index (χ1) is 12.0. The monoisotopic (exact) mass is 346 g/mol. The van der Waals surface area contributed by atoms with Crippen molar-refractivity contribution in [3.63, 3.8) is 0 Å². The van der Waals surface area contributed by atoms with Gasteiger partial charge in [0.25, 0.3) is 0 Å². The first-order valence-corrected chi connectivity index (χ1v) is 7.67. The highest BCUT2D eigenvalue weighted by Crippen LogP contribution is 2.37. The van der Waals surface area contributed by atoms with E-state index in [0.717, 1.165) is 0 Å². The largest absolute Gasteiger partial charge is 0.497 e. The van der Waals surface area contributed by atoms with Crippen LogP contribution >= 0.6 is 0 Å². The Labute approximate surface area is 146 Å². The summed E-state index contributed by atoms with van der Waals surface area (Å²) in [4.78, 5) is 12.3. The Bertz CT molecular complexity index is 728. The Balaban J connectivity index is 2.45. The van der Waals surface area contributed by atoms with Gasteiger partial charge >= 0.3 is 5.97 Å². The van der Waals surface area contributed by atoms with Crippen LogP contribution in [-0.4, -0.2) is 39.5 Å². The number of methoxy groups -OCH3 is 4. The molecular formula is C19H22O6. The number of aliphatic hydroxyl groups is 1. The van der Waals surface area contributed by atoms with Gasteiger partial charge in [0.15, 0.2) is 11.5 Å². The van der Waals surface area contributed by atoms with Gasteiger partial charge in [-0.2, -0.15) is 0 Å². The summed E-state index contributed by atoms with van der Waals surface area (Å²) < 4.78 is 20.6. The van der Waals surface area contributed by atoms with Crippen molar-refractivity contribution in [3.8, 4) is 17.2 Å². The van der Waals surface area contributed by atoms with Crippen molar-refractivity contribution >= 4 is 5.97 Å². The summed E-state index contributed by atoms with van der Waals surface area (Å²) in [5.41, 5.74) is 1.10. The van der Waals surface area contributed by atoms with Crippen molar-refractivity contribution in [1.82, 2.24) is 0 Å². The molecule has 0 saturated heterocycles. The Morgan fingerprint density at radius 3 is 2.20 bits per heavy atom. The van der Waals surface area contributed by atoms with E-state index in [1.807, 2.05) is 0 Å². The molecule has 0 heterocycles. The summed E-state index contributed by atoms with van der Waals surface area (Å²) in [5.74, 6) is 0.141. The molecule has 0 aliphatic rings. The third-order valence-corrected chi connectivity index (χ3v) is 3.97. The van der Waals surface area contributed by atoms with Crippen LogP contribution in [-0.2, 0) is 9.53 Å². The molecule has 0 fully saturated rings. The molecule has 6 nitrogen and oxygen atoms in total. The average Bonchev–Trinajstić information content (AvgIpc) is 2.67. The molecule has 0 aliphatic carbocycles. The number of ether oxygens (including phenoxy) is 4. The molecule has 0 aromatic heterocycles. The highest BCUT2D eigenvalue weighted by molar-refractivity contribution is 5.79. The Morgan fingerprint density at radius 1 is 0.880 bits per heavy atom. The van der Waals surface area contributed by atoms with Gasteiger partial charge < -0.3 is 24.1 Å². The van der Waals surface area contributed by atoms with Crippen molar-refractivity contribution in [2.75, 3.05) is 28.4 Å². The molecule has 0 spiro atoms. The maximum atomic E-state index is 12.3. The van der Waals surface area contributed by atoms with Crippen molar-refractivity contribution in [3.05, 3.63) is 53.6 Å². The lowest BCUT2D eigenvalue weighted by Gasteiger charge is -2.22. The number of rotatable bonds is 7. The number of hydrogen-bond donors (Lipinski definition) is 1. The molecule has 2 aromatic rings. The zero-order valence-corrected chi connectivity index (χ0v) is 14.7. The summed E-state index contributed by atoms with van der Waals surface area (Å²) in [7, 11) is 5.86. The van der Waals surface area contributed by atoms with E-state index in [0.29, 0.717) is 28.4 Å². The topological polar surface area (TPSA) is 74.2 Å². The van der Waals surface area contributed by atoms with Crippen LogP contribution in [0.15, 0.2) is 42.5 Å². The summed E-state index contributed by atoms with van der Waals surface area (Å²) >= 11 is 0. The van der Waals surface area contributed by atoms with Gasteiger partial charge in [-0.3, -0.25) is 4.79 Å². The first kappa shape index (κ1) is 18.6. The second-order valence-corrected chi connectivity index (χ2v) is 5.34. The minimum absolute atomic E-state index is 0.466. The zero-order valence-electron chi connectivity index (χ0n) is 14.7. The van der Waals surface area contributed by atoms with Crippen molar-refractivity contribution in [2.24, 2.45) is 0 Å². The van der Waals surface area contributed by atoms with E-state index in [4.69, 9.17) is 18.9 Å². The van der Waals surface area contributed by atoms with Gasteiger partial charge in [-0.1, -0.05) is 18.2 Å². The third-order valence-electron chi connectivity index (χ3n) is 3.97. The molecule has 134 valence electrons. The number of carbonyl (C=O) groups is 1. The van der Waals surface area contributed by atoms with E-state index >= 15 is 0 Å². The van der Waals surface area contributed by atoms with Gasteiger partial charge in [0, 0.05) is 0 Å². The zero-order chi connectivity index (χ0) is 18.4. The second-order valence-electron chi connectivity index (χ2n) is 5.34. The molecule has 0 radical (unpaired) electrons. The SMILES string of the molecule is COC(=O)[C@@H](c1cccc(OC)c1)C(O)c1ccc(OC)c(OC)c1. The molecule has 0 amide bonds. The Morgan fingerprint density at radius 2 is 1.60 bits per heavy atom. The summed E-state index contributed by atoms with van der Waals surface area (Å²) in [5, 5.41) is 10.8. The smallest absolute Gasteiger partial charge is 0.316 e. The van der Waals surface area contributed by atoms with E-state index in [2.05, 4.69) is 0 Å². The molecule has 1 unspecified atom stereocenters. The lowest BCUT2D eigenvalue weighted by Crippen LogP contribution is -2.22. The maximum Gasteiger partial charge on any atom is 0.316 e. The summed E-state index contributed by atoms with van der Waals surface area (Å²) in [6.07, 6.45) is -1.13. The number of benzene rings is 2. The van der Waals surface area contributed by atoms with E-state index in [9.17, 15) is 9.90 Å². The molecular weight excluding hydrogens is 324 g/mol. The molecule has 25 heavy (non-hydrogen) atoms. The molecule has 6 heteroatoms. The van der Waals surface area contributed by atoms with Crippen LogP contribution < -0.4 is 14.2 Å². The standard InChI is InChI=1S/C19H22O6/c1-22-14-7-5-6-12(10-14)17(19(21)25-4)18(20)13-8-9-15(23-2)16(11-13)24-3/h5-11,17-18,20H,1-4H3/t17-,18?/m0/s1. The van der Waals surface area contributed by atoms with E-state index in [1.165, 1.54) is 28.4 Å². The van der Waals surface area contributed by atoms with Gasteiger partial charge in [-0.25, -0.2) is 0 Å². The second kappa shape index (κ2) is 8.39. The Hall–Kier alpha value is -2.73. The van der Waals surface area contributed by atoms with Crippen LogP contribution in [0, 0.1) is 0 Å². The minimum atomic E-state index is -1.13. The first-order valence-electron chi connectivity index (χ1n) is 7.67. The van der Waals surface area contributed by atoms with Crippen molar-refractivity contribution in [1.29, 1.82) is 0 Å². The molecule has 2 aromatic carbocycles. The molecule has 0 aliphatic heterocycles. The molecule has 1 N–H and O–H groups in total. The molecule has 2 atom stereocenters. The number of hydrogen-bond acceptors (Lipinski definition) is 6. The van der Waals surface area contributed by atoms with Gasteiger partial charge in [-0.15, -0.1) is 0 Å². The molecule has 2 rings (SSSR count). The van der Waals surface area contributed by atoms with Crippen LogP contribution in [0.4, 0.5) is 0 Å². The van der Waals surface area contributed by atoms with Crippen molar-refractivity contribution < 1.29 is 28.8 Å². The fourth-order valence-corrected chi connectivity index (χ4v) is 2.64. The molecule has 0 saturated carbocycles. The van der Waals surface area contributed by atoms with Crippen LogP contribution in [0.2, 0.25) is 0 Å². The highest BCUT2D eigenvalue weighted by atomic mass is 16.5. The van der Waals surface area contributed by atoms with Crippen LogP contribution in [0.5, 0.6) is 17.2 Å². The number of esters is 1. The lowest BCUT2D eigenvalue weighted by atomic mass is 9.89. The predicted octanol–water partition coefficient (Wildman–Crippen LogP) is 2.70. The van der Waals surface area contributed by atoms with E-state index in [-0.39, 0.29) is 0 Å². The third kappa shape index (κ3) is 4.03. The molecule has 0 bridgehead atoms. The number of aliphatic hydroxyl groups excluding tert-OH is 1. The summed E-state index contributed by atoms with van der Waals surface area (Å²) in [6.45, 7) is 0. The minimum Gasteiger partial charge on any atom is -0.497 e. The van der Waals surface area contributed by atoms with Crippen LogP contribution in [0.1, 0.15) is 23.1 Å². The van der Waals surface area contributed by atoms with E-state index in [1.54, 1.807) is 42.5 Å². The van der Waals surface area contributed by atoms with Gasteiger partial charge in [-0.05, 0) is 35.4 Å². The van der Waals surface area contributed by atoms with Gasteiger partial charge in [0.05, 0.1) is 34.5 Å². The predicted molar refractivity (Wildman–Crippen MR) is 92.3 cm³/mol. The quantitative estimate of drug-likeness (QED) is 0.777. The lowest BCUT2D eigenvalue weighted by molar-refractivity contribution is -0.145. The van der Waals surface area contributed by atoms with Gasteiger partial charge in [0.1, 0.15) is 11.7 Å². The van der Waals surface area contributed by atoms with Gasteiger partial charge in [0.2, 0.25) is 0 Å². The Kier molecular flexibility index (Phi) is 6.25. The average molecular weight is 346 g/mol. The number of carbonyl (C=O) groups excluding carboxylic acids is 1. The maximum absolute atomic E-state index is 12.3. The fourth-order valence-electron chi connectivity index (χ4n) is 2.64. The summed E-state index contributed by atoms with van der Waals surface area (Å²) in [6, 6.07) is 12.0. The normalized spacial score (nSPS) is 12.8. The van der Waals surface area contributed by atoms with Crippen LogP contribution in [0.25, 0.3) is 0 Å². The van der Waals surface area contributed by atoms with E-state index < -0.39 is 18.0 Å². The van der Waals surface area contributed by atoms with Crippen molar-refractivity contribution in [2.45, 2.75) is 12.0 Å². The highest BCUT2D eigenvalue weighted by Gasteiger charge is 2.31. The fraction of sp³-hybridized carbons (Fsp3) is 0.316.